The molecular formula is C31H38N2O4S. The lowest BCUT2D eigenvalue weighted by molar-refractivity contribution is -0.159. The van der Waals surface area contributed by atoms with Crippen molar-refractivity contribution >= 4 is 39.7 Å². The Morgan fingerprint density at radius 3 is 2.66 bits per heavy atom. The smallest absolute Gasteiger partial charge is 0.335 e. The lowest BCUT2D eigenvalue weighted by Gasteiger charge is -2.56. The predicted octanol–water partition coefficient (Wildman–Crippen LogP) is 7.48. The molecule has 0 aliphatic heterocycles. The molecule has 2 fully saturated rings. The zero-order valence-electron chi connectivity index (χ0n) is 22.6. The average molecular weight is 535 g/mol. The van der Waals surface area contributed by atoms with Gasteiger partial charge in [0.2, 0.25) is 0 Å². The van der Waals surface area contributed by atoms with Crippen LogP contribution in [0.4, 0.5) is 10.8 Å². The number of allylic oxidation sites excluding steroid dienone is 2. The van der Waals surface area contributed by atoms with E-state index in [1.807, 2.05) is 6.92 Å². The lowest BCUT2D eigenvalue weighted by Crippen LogP contribution is -2.50. The molecule has 0 saturated heterocycles. The summed E-state index contributed by atoms with van der Waals surface area (Å²) in [6, 6.07) is 6.83. The monoisotopic (exact) mass is 534 g/mol. The summed E-state index contributed by atoms with van der Waals surface area (Å²) in [5.41, 5.74) is 4.06. The molecule has 2 N–H and O–H groups in total. The second-order valence-electron chi connectivity index (χ2n) is 12.3. The standard InChI is InChI=1S/C31H38N2O4S/c1-4-5-26(34)37-25-13-12-21-20-10-11-23-27-24(15-17-30(23,2)22(20)14-16-31(21,25)3)33-29(38-27)32-19-8-6-18(7-9-19)28(35)36/h6-9,11,20-22,25H,4-5,10,12-17H2,1-3H3,(H,32,33)(H,35,36)/t20-,21-,22-,25-,30+,31-/m0/s1. The van der Waals surface area contributed by atoms with E-state index in [9.17, 15) is 9.59 Å². The van der Waals surface area contributed by atoms with E-state index in [2.05, 4.69) is 25.2 Å². The Morgan fingerprint density at radius 2 is 1.92 bits per heavy atom. The highest BCUT2D eigenvalue weighted by molar-refractivity contribution is 7.16. The molecule has 7 heteroatoms. The number of carboxylic acids is 1. The maximum atomic E-state index is 12.3. The van der Waals surface area contributed by atoms with Crippen LogP contribution in [0.15, 0.2) is 30.3 Å². The first kappa shape index (κ1) is 25.6. The second kappa shape index (κ2) is 9.51. The van der Waals surface area contributed by atoms with Crippen LogP contribution in [-0.4, -0.2) is 28.1 Å². The largest absolute Gasteiger partial charge is 0.478 e. The summed E-state index contributed by atoms with van der Waals surface area (Å²) >= 11 is 1.73. The maximum Gasteiger partial charge on any atom is 0.335 e. The number of anilines is 2. The first-order chi connectivity index (χ1) is 18.2. The van der Waals surface area contributed by atoms with Gasteiger partial charge in [-0.3, -0.25) is 4.79 Å². The van der Waals surface area contributed by atoms with Crippen molar-refractivity contribution in [1.82, 2.24) is 4.98 Å². The van der Waals surface area contributed by atoms with Gasteiger partial charge in [0.25, 0.3) is 0 Å². The molecule has 0 radical (unpaired) electrons. The molecule has 2 aromatic rings. The van der Waals surface area contributed by atoms with Gasteiger partial charge in [-0.05, 0) is 104 Å². The SMILES string of the molecule is CCCC(=O)O[C@H]1CC[C@H]2[C@@H]3CC=C4c5sc(Nc6ccc(C(=O)O)cc6)nc5CC[C@]4(C)[C@H]3CC[C@]12C. The molecule has 4 aliphatic rings. The van der Waals surface area contributed by atoms with Crippen molar-refractivity contribution in [1.29, 1.82) is 0 Å². The fourth-order valence-corrected chi connectivity index (χ4v) is 9.53. The van der Waals surface area contributed by atoms with Crippen LogP contribution in [0.1, 0.15) is 93.1 Å². The molecule has 2 saturated carbocycles. The highest BCUT2D eigenvalue weighted by Crippen LogP contribution is 2.66. The van der Waals surface area contributed by atoms with E-state index in [4.69, 9.17) is 14.8 Å². The number of esters is 1. The Bertz CT molecular complexity index is 1280. The van der Waals surface area contributed by atoms with Crippen molar-refractivity contribution in [3.05, 3.63) is 46.5 Å². The summed E-state index contributed by atoms with van der Waals surface area (Å²) < 4.78 is 6.06. The minimum atomic E-state index is -0.920. The van der Waals surface area contributed by atoms with Gasteiger partial charge >= 0.3 is 11.9 Å². The van der Waals surface area contributed by atoms with E-state index < -0.39 is 5.97 Å². The molecular weight excluding hydrogens is 496 g/mol. The van der Waals surface area contributed by atoms with Gasteiger partial charge in [0, 0.05) is 17.5 Å². The molecule has 38 heavy (non-hydrogen) atoms. The number of fused-ring (bicyclic) bond motifs is 7. The van der Waals surface area contributed by atoms with Crippen LogP contribution in [0.2, 0.25) is 0 Å². The first-order valence-corrected chi connectivity index (χ1v) is 15.0. The number of thiazole rings is 1. The molecule has 4 aliphatic carbocycles. The molecule has 0 spiro atoms. The van der Waals surface area contributed by atoms with E-state index >= 15 is 0 Å². The van der Waals surface area contributed by atoms with Gasteiger partial charge in [0.1, 0.15) is 6.10 Å². The molecule has 6 nitrogen and oxygen atoms in total. The molecule has 0 unspecified atom stereocenters. The predicted molar refractivity (Wildman–Crippen MR) is 150 cm³/mol. The first-order valence-electron chi connectivity index (χ1n) is 14.2. The van der Waals surface area contributed by atoms with Gasteiger partial charge in [-0.25, -0.2) is 9.78 Å². The van der Waals surface area contributed by atoms with Crippen LogP contribution >= 0.6 is 11.3 Å². The number of carbonyl (C=O) groups is 2. The van der Waals surface area contributed by atoms with Gasteiger partial charge in [-0.2, -0.15) is 0 Å². The molecule has 0 amide bonds. The van der Waals surface area contributed by atoms with Gasteiger partial charge in [-0.1, -0.05) is 38.2 Å². The number of nitrogens with zero attached hydrogens (tertiary/aromatic N) is 1. The molecule has 1 heterocycles. The van der Waals surface area contributed by atoms with E-state index in [0.717, 1.165) is 49.3 Å². The van der Waals surface area contributed by atoms with Crippen LogP contribution in [0.25, 0.3) is 5.57 Å². The number of hydrogen-bond donors (Lipinski definition) is 2. The lowest BCUT2D eigenvalue weighted by atomic mass is 9.48. The van der Waals surface area contributed by atoms with Gasteiger partial charge in [0.15, 0.2) is 5.13 Å². The maximum absolute atomic E-state index is 12.3. The number of benzene rings is 1. The Hall–Kier alpha value is -2.67. The van der Waals surface area contributed by atoms with E-state index in [1.165, 1.54) is 29.0 Å². The van der Waals surface area contributed by atoms with E-state index in [1.54, 1.807) is 35.6 Å². The number of hydrogen-bond acceptors (Lipinski definition) is 6. The number of aromatic nitrogens is 1. The summed E-state index contributed by atoms with van der Waals surface area (Å²) in [6.45, 7) is 6.93. The minimum absolute atomic E-state index is 0.0217. The van der Waals surface area contributed by atoms with Crippen LogP contribution in [-0.2, 0) is 16.0 Å². The Balaban J connectivity index is 1.23. The minimum Gasteiger partial charge on any atom is -0.478 e. The third kappa shape index (κ3) is 4.09. The number of carboxylic acid groups (broad SMARTS) is 1. The summed E-state index contributed by atoms with van der Waals surface area (Å²) in [5, 5.41) is 13.4. The quantitative estimate of drug-likeness (QED) is 0.374. The van der Waals surface area contributed by atoms with Crippen molar-refractivity contribution in [2.75, 3.05) is 5.32 Å². The summed E-state index contributed by atoms with van der Waals surface area (Å²) in [4.78, 5) is 29.8. The number of aromatic carboxylic acids is 1. The number of nitrogens with one attached hydrogen (secondary N) is 1. The van der Waals surface area contributed by atoms with Gasteiger partial charge in [0.05, 0.1) is 16.1 Å². The van der Waals surface area contributed by atoms with Crippen molar-refractivity contribution in [2.45, 2.75) is 84.7 Å². The number of carbonyl (C=O) groups excluding carboxylic acids is 1. The summed E-state index contributed by atoms with van der Waals surface area (Å²) in [6.07, 6.45) is 11.7. The molecule has 202 valence electrons. The van der Waals surface area contributed by atoms with E-state index in [0.29, 0.717) is 24.2 Å². The number of rotatable bonds is 6. The zero-order valence-corrected chi connectivity index (χ0v) is 23.4. The third-order valence-electron chi connectivity index (χ3n) is 10.3. The van der Waals surface area contributed by atoms with Crippen molar-refractivity contribution in [2.24, 2.45) is 28.6 Å². The highest BCUT2D eigenvalue weighted by Gasteiger charge is 2.60. The summed E-state index contributed by atoms with van der Waals surface area (Å²) in [5.74, 6) is 0.977. The zero-order chi connectivity index (χ0) is 26.7. The highest BCUT2D eigenvalue weighted by atomic mass is 32.1. The van der Waals surface area contributed by atoms with Crippen LogP contribution in [0.5, 0.6) is 0 Å². The van der Waals surface area contributed by atoms with E-state index in [-0.39, 0.29) is 28.5 Å². The molecule has 6 rings (SSSR count). The van der Waals surface area contributed by atoms with Crippen molar-refractivity contribution in [3.8, 4) is 0 Å². The van der Waals surface area contributed by atoms with Crippen LogP contribution < -0.4 is 5.32 Å². The fourth-order valence-electron chi connectivity index (χ4n) is 8.32. The molecule has 1 aromatic carbocycles. The van der Waals surface area contributed by atoms with Gasteiger partial charge < -0.3 is 15.2 Å². The third-order valence-corrected chi connectivity index (χ3v) is 11.4. The molecule has 1 aromatic heterocycles. The van der Waals surface area contributed by atoms with Crippen molar-refractivity contribution < 1.29 is 19.4 Å². The second-order valence-corrected chi connectivity index (χ2v) is 13.3. The normalized spacial score (nSPS) is 33.3. The van der Waals surface area contributed by atoms with Gasteiger partial charge in [-0.15, -0.1) is 0 Å². The Morgan fingerprint density at radius 1 is 1.13 bits per heavy atom. The summed E-state index contributed by atoms with van der Waals surface area (Å²) in [7, 11) is 0. The number of aryl methyl sites for hydroxylation is 1. The van der Waals surface area contributed by atoms with Crippen LogP contribution in [0, 0.1) is 28.6 Å². The fraction of sp³-hybridized carbons (Fsp3) is 0.581. The Kier molecular flexibility index (Phi) is 6.41. The average Bonchev–Trinajstić information content (AvgIpc) is 3.44. The number of ether oxygens (including phenoxy) is 1. The topological polar surface area (TPSA) is 88.5 Å². The van der Waals surface area contributed by atoms with Crippen molar-refractivity contribution in [3.63, 3.8) is 0 Å². The molecule has 6 atom stereocenters. The van der Waals surface area contributed by atoms with Crippen LogP contribution in [0.3, 0.4) is 0 Å². The molecule has 0 bridgehead atoms. The Labute approximate surface area is 228 Å².